The molecule has 2 aromatic rings. The van der Waals surface area contributed by atoms with Crippen molar-refractivity contribution in [2.75, 3.05) is 7.11 Å². The summed E-state index contributed by atoms with van der Waals surface area (Å²) in [5.41, 5.74) is 4.74. The summed E-state index contributed by atoms with van der Waals surface area (Å²) in [5, 5.41) is 7.78. The average Bonchev–Trinajstić information content (AvgIpc) is 2.68. The molecule has 1 aromatic carbocycles. The van der Waals surface area contributed by atoms with Gasteiger partial charge in [0.2, 0.25) is 0 Å². The number of rotatable bonds is 5. The lowest BCUT2D eigenvalue weighted by Gasteiger charge is -2.10. The third kappa shape index (κ3) is 3.35. The Morgan fingerprint density at radius 3 is 2.58 bits per heavy atom. The van der Waals surface area contributed by atoms with Gasteiger partial charge in [0, 0.05) is 37.5 Å². The van der Waals surface area contributed by atoms with E-state index in [1.807, 2.05) is 24.7 Å². The Balaban J connectivity index is 1.99. The molecule has 0 saturated heterocycles. The molecule has 0 amide bonds. The number of aryl methyl sites for hydroxylation is 3. The molecule has 19 heavy (non-hydrogen) atoms. The molecule has 1 N–H and O–H groups in total. The SMILES string of the molecule is COc1ccc(C)cc1CNCc1cn(C)nc1C. The molecule has 2 rings (SSSR count). The maximum atomic E-state index is 5.37. The van der Waals surface area contributed by atoms with Gasteiger partial charge in [-0.05, 0) is 19.9 Å². The van der Waals surface area contributed by atoms with Gasteiger partial charge < -0.3 is 10.1 Å². The highest BCUT2D eigenvalue weighted by Gasteiger charge is 2.05. The maximum absolute atomic E-state index is 5.37. The molecule has 0 aliphatic rings. The Morgan fingerprint density at radius 2 is 1.95 bits per heavy atom. The third-order valence-corrected chi connectivity index (χ3v) is 3.18. The van der Waals surface area contributed by atoms with Crippen molar-refractivity contribution in [3.63, 3.8) is 0 Å². The van der Waals surface area contributed by atoms with Gasteiger partial charge in [-0.15, -0.1) is 0 Å². The number of nitrogens with zero attached hydrogens (tertiary/aromatic N) is 2. The van der Waals surface area contributed by atoms with Gasteiger partial charge in [-0.3, -0.25) is 4.68 Å². The summed E-state index contributed by atoms with van der Waals surface area (Å²) in [7, 11) is 3.65. The van der Waals surface area contributed by atoms with Crippen LogP contribution < -0.4 is 10.1 Å². The summed E-state index contributed by atoms with van der Waals surface area (Å²) in [6.07, 6.45) is 2.05. The average molecular weight is 259 g/mol. The Kier molecular flexibility index (Phi) is 4.22. The second kappa shape index (κ2) is 5.89. The predicted molar refractivity (Wildman–Crippen MR) is 76.2 cm³/mol. The summed E-state index contributed by atoms with van der Waals surface area (Å²) < 4.78 is 7.22. The van der Waals surface area contributed by atoms with E-state index in [0.29, 0.717) is 0 Å². The van der Waals surface area contributed by atoms with Crippen molar-refractivity contribution in [2.24, 2.45) is 7.05 Å². The fraction of sp³-hybridized carbons (Fsp3) is 0.400. The molecule has 1 heterocycles. The number of benzene rings is 1. The molecular formula is C15H21N3O. The van der Waals surface area contributed by atoms with Gasteiger partial charge in [0.1, 0.15) is 5.75 Å². The second-order valence-electron chi connectivity index (χ2n) is 4.83. The van der Waals surface area contributed by atoms with Gasteiger partial charge in [0.25, 0.3) is 0 Å². The maximum Gasteiger partial charge on any atom is 0.123 e. The van der Waals surface area contributed by atoms with Gasteiger partial charge >= 0.3 is 0 Å². The van der Waals surface area contributed by atoms with Crippen molar-refractivity contribution >= 4 is 0 Å². The first-order chi connectivity index (χ1) is 9.10. The van der Waals surface area contributed by atoms with Crippen molar-refractivity contribution < 1.29 is 4.74 Å². The summed E-state index contributed by atoms with van der Waals surface area (Å²) in [5.74, 6) is 0.931. The fourth-order valence-corrected chi connectivity index (χ4v) is 2.20. The van der Waals surface area contributed by atoms with Crippen LogP contribution in [0.4, 0.5) is 0 Å². The van der Waals surface area contributed by atoms with Crippen LogP contribution in [0.2, 0.25) is 0 Å². The molecule has 0 radical (unpaired) electrons. The van der Waals surface area contributed by atoms with E-state index >= 15 is 0 Å². The van der Waals surface area contributed by atoms with Crippen molar-refractivity contribution in [1.82, 2.24) is 15.1 Å². The Labute approximate surface area is 114 Å². The molecule has 0 unspecified atom stereocenters. The van der Waals surface area contributed by atoms with Crippen molar-refractivity contribution in [3.05, 3.63) is 46.8 Å². The molecule has 0 aliphatic heterocycles. The second-order valence-corrected chi connectivity index (χ2v) is 4.83. The quantitative estimate of drug-likeness (QED) is 0.895. The van der Waals surface area contributed by atoms with Gasteiger partial charge in [0.15, 0.2) is 0 Å². The first-order valence-electron chi connectivity index (χ1n) is 6.43. The van der Waals surface area contributed by atoms with Crippen molar-refractivity contribution in [1.29, 1.82) is 0 Å². The molecule has 0 aliphatic carbocycles. The van der Waals surface area contributed by atoms with Gasteiger partial charge in [0.05, 0.1) is 12.8 Å². The normalized spacial score (nSPS) is 10.7. The van der Waals surface area contributed by atoms with E-state index in [2.05, 4.69) is 35.7 Å². The lowest BCUT2D eigenvalue weighted by atomic mass is 10.1. The largest absolute Gasteiger partial charge is 0.496 e. The minimum Gasteiger partial charge on any atom is -0.496 e. The van der Waals surface area contributed by atoms with Crippen LogP contribution in [-0.4, -0.2) is 16.9 Å². The van der Waals surface area contributed by atoms with Crippen LogP contribution in [0.5, 0.6) is 5.75 Å². The lowest BCUT2D eigenvalue weighted by molar-refractivity contribution is 0.407. The number of nitrogens with one attached hydrogen (secondary N) is 1. The molecule has 0 spiro atoms. The monoisotopic (exact) mass is 259 g/mol. The van der Waals surface area contributed by atoms with Crippen LogP contribution in [0.15, 0.2) is 24.4 Å². The van der Waals surface area contributed by atoms with Gasteiger partial charge in [-0.1, -0.05) is 17.7 Å². The van der Waals surface area contributed by atoms with Crippen LogP contribution in [0, 0.1) is 13.8 Å². The van der Waals surface area contributed by atoms with E-state index < -0.39 is 0 Å². The van der Waals surface area contributed by atoms with Gasteiger partial charge in [-0.2, -0.15) is 5.10 Å². The van der Waals surface area contributed by atoms with Crippen LogP contribution in [0.3, 0.4) is 0 Å². The van der Waals surface area contributed by atoms with E-state index in [4.69, 9.17) is 4.74 Å². The van der Waals surface area contributed by atoms with Crippen molar-refractivity contribution in [2.45, 2.75) is 26.9 Å². The first-order valence-corrected chi connectivity index (χ1v) is 6.43. The van der Waals surface area contributed by atoms with Crippen molar-refractivity contribution in [3.8, 4) is 5.75 Å². The standard InChI is InChI=1S/C15H21N3O/c1-11-5-6-15(19-4)13(7-11)8-16-9-14-10-18(3)17-12(14)2/h5-7,10,16H,8-9H2,1-4H3. The number of hydrogen-bond donors (Lipinski definition) is 1. The molecule has 102 valence electrons. The number of hydrogen-bond acceptors (Lipinski definition) is 3. The summed E-state index contributed by atoms with van der Waals surface area (Å²) in [6, 6.07) is 6.23. The Bertz CT molecular complexity index is 561. The molecule has 0 saturated carbocycles. The summed E-state index contributed by atoms with van der Waals surface area (Å²) in [4.78, 5) is 0. The zero-order valence-electron chi connectivity index (χ0n) is 12.0. The van der Waals surface area contributed by atoms with Crippen LogP contribution >= 0.6 is 0 Å². The van der Waals surface area contributed by atoms with E-state index in [1.165, 1.54) is 16.7 Å². The highest BCUT2D eigenvalue weighted by atomic mass is 16.5. The highest BCUT2D eigenvalue weighted by molar-refractivity contribution is 5.36. The zero-order valence-corrected chi connectivity index (χ0v) is 12.0. The molecule has 1 aromatic heterocycles. The number of methoxy groups -OCH3 is 1. The molecule has 0 fully saturated rings. The third-order valence-electron chi connectivity index (χ3n) is 3.18. The van der Waals surface area contributed by atoms with E-state index in [1.54, 1.807) is 7.11 Å². The highest BCUT2D eigenvalue weighted by Crippen LogP contribution is 2.19. The molecule has 0 atom stereocenters. The van der Waals surface area contributed by atoms with E-state index in [9.17, 15) is 0 Å². The molecular weight excluding hydrogens is 238 g/mol. The van der Waals surface area contributed by atoms with E-state index in [-0.39, 0.29) is 0 Å². The zero-order chi connectivity index (χ0) is 13.8. The molecule has 4 heteroatoms. The summed E-state index contributed by atoms with van der Waals surface area (Å²) in [6.45, 7) is 5.73. The summed E-state index contributed by atoms with van der Waals surface area (Å²) >= 11 is 0. The Hall–Kier alpha value is -1.81. The predicted octanol–water partition coefficient (Wildman–Crippen LogP) is 2.34. The van der Waals surface area contributed by atoms with Gasteiger partial charge in [-0.25, -0.2) is 0 Å². The lowest BCUT2D eigenvalue weighted by Crippen LogP contribution is -2.13. The van der Waals surface area contributed by atoms with Crippen LogP contribution in [0.25, 0.3) is 0 Å². The fourth-order valence-electron chi connectivity index (χ4n) is 2.20. The van der Waals surface area contributed by atoms with Crippen LogP contribution in [-0.2, 0) is 20.1 Å². The topological polar surface area (TPSA) is 39.1 Å². The van der Waals surface area contributed by atoms with Crippen LogP contribution in [0.1, 0.15) is 22.4 Å². The minimum absolute atomic E-state index is 0.791. The minimum atomic E-state index is 0.791. The van der Waals surface area contributed by atoms with E-state index in [0.717, 1.165) is 24.5 Å². The number of aromatic nitrogens is 2. The first kappa shape index (κ1) is 13.6. The smallest absolute Gasteiger partial charge is 0.123 e. The Morgan fingerprint density at radius 1 is 1.21 bits per heavy atom. The molecule has 4 nitrogen and oxygen atoms in total. The number of ether oxygens (including phenoxy) is 1. The molecule has 0 bridgehead atoms.